The lowest BCUT2D eigenvalue weighted by molar-refractivity contribution is -0.134. The standard InChI is InChI=1S/C25H25BN6O2/c26-21-15-29-32-23(28-14-18-6-4-10-27-13-18)12-22(30-25(21)32)19-7-5-11-31(16-19)24(33)17-34-20-8-2-1-3-9-20/h1-4,6,8-10,12-13,15,19,28H,5,7,11,14,16-17H2. The molecule has 0 aliphatic carbocycles. The number of nitrogens with zero attached hydrogens (tertiary/aromatic N) is 5. The molecule has 170 valence electrons. The summed E-state index contributed by atoms with van der Waals surface area (Å²) in [5.74, 6) is 1.58. The molecule has 3 aromatic heterocycles. The number of pyridine rings is 1. The number of piperidine rings is 1. The van der Waals surface area contributed by atoms with Gasteiger partial charge in [-0.15, -0.1) is 0 Å². The number of para-hydroxylation sites is 1. The monoisotopic (exact) mass is 452 g/mol. The van der Waals surface area contributed by atoms with Crippen molar-refractivity contribution in [1.29, 1.82) is 0 Å². The van der Waals surface area contributed by atoms with Gasteiger partial charge in [0, 0.05) is 50.2 Å². The zero-order valence-corrected chi connectivity index (χ0v) is 18.8. The van der Waals surface area contributed by atoms with Crippen LogP contribution in [0.15, 0.2) is 67.1 Å². The smallest absolute Gasteiger partial charge is 0.260 e. The van der Waals surface area contributed by atoms with Crippen LogP contribution in [0.2, 0.25) is 0 Å². The Balaban J connectivity index is 1.32. The summed E-state index contributed by atoms with van der Waals surface area (Å²) in [4.78, 5) is 23.7. The zero-order chi connectivity index (χ0) is 23.3. The number of hydrogen-bond acceptors (Lipinski definition) is 6. The van der Waals surface area contributed by atoms with Gasteiger partial charge in [0.1, 0.15) is 19.4 Å². The zero-order valence-electron chi connectivity index (χ0n) is 18.8. The molecule has 1 N–H and O–H groups in total. The summed E-state index contributed by atoms with van der Waals surface area (Å²) in [6, 6.07) is 15.3. The maximum atomic E-state index is 12.8. The van der Waals surface area contributed by atoms with Gasteiger partial charge in [-0.3, -0.25) is 9.78 Å². The Kier molecular flexibility index (Phi) is 6.42. The first kappa shape index (κ1) is 21.9. The molecule has 1 amide bonds. The third-order valence-corrected chi connectivity index (χ3v) is 6.01. The number of benzene rings is 1. The molecule has 1 aromatic carbocycles. The third-order valence-electron chi connectivity index (χ3n) is 6.01. The molecule has 5 rings (SSSR count). The highest BCUT2D eigenvalue weighted by molar-refractivity contribution is 6.36. The van der Waals surface area contributed by atoms with E-state index in [1.54, 1.807) is 16.9 Å². The van der Waals surface area contributed by atoms with Gasteiger partial charge in [0.2, 0.25) is 0 Å². The van der Waals surface area contributed by atoms with Crippen LogP contribution in [0.25, 0.3) is 5.65 Å². The molecule has 0 bridgehead atoms. The number of ether oxygens (including phenoxy) is 1. The lowest BCUT2D eigenvalue weighted by atomic mass is 9.94. The summed E-state index contributed by atoms with van der Waals surface area (Å²) >= 11 is 0. The van der Waals surface area contributed by atoms with Crippen molar-refractivity contribution in [2.24, 2.45) is 0 Å². The molecule has 0 spiro atoms. The third kappa shape index (κ3) is 4.88. The molecular weight excluding hydrogens is 427 g/mol. The fourth-order valence-electron chi connectivity index (χ4n) is 4.23. The van der Waals surface area contributed by atoms with Crippen LogP contribution in [0.4, 0.5) is 5.82 Å². The van der Waals surface area contributed by atoms with Crippen LogP contribution in [0.3, 0.4) is 0 Å². The second-order valence-electron chi connectivity index (χ2n) is 8.40. The minimum absolute atomic E-state index is 0.0200. The molecule has 0 saturated carbocycles. The van der Waals surface area contributed by atoms with Crippen LogP contribution in [0.5, 0.6) is 5.75 Å². The van der Waals surface area contributed by atoms with Crippen molar-refractivity contribution in [2.45, 2.75) is 25.3 Å². The quantitative estimate of drug-likeness (QED) is 0.434. The van der Waals surface area contributed by atoms with Crippen LogP contribution in [0, 0.1) is 0 Å². The largest absolute Gasteiger partial charge is 0.484 e. The number of carbonyl (C=O) groups excluding carboxylic acids is 1. The van der Waals surface area contributed by atoms with E-state index < -0.39 is 0 Å². The van der Waals surface area contributed by atoms with Crippen molar-refractivity contribution < 1.29 is 9.53 Å². The average Bonchev–Trinajstić information content (AvgIpc) is 3.28. The van der Waals surface area contributed by atoms with Crippen molar-refractivity contribution in [3.8, 4) is 5.75 Å². The van der Waals surface area contributed by atoms with Crippen molar-refractivity contribution in [3.63, 3.8) is 0 Å². The van der Waals surface area contributed by atoms with Gasteiger partial charge in [-0.25, -0.2) is 4.98 Å². The van der Waals surface area contributed by atoms with Crippen molar-refractivity contribution in [2.75, 3.05) is 25.0 Å². The molecule has 1 aliphatic heterocycles. The summed E-state index contributed by atoms with van der Waals surface area (Å²) in [7, 11) is 6.16. The highest BCUT2D eigenvalue weighted by Crippen LogP contribution is 2.28. The normalized spacial score (nSPS) is 15.9. The highest BCUT2D eigenvalue weighted by Gasteiger charge is 2.27. The Hall–Kier alpha value is -3.88. The molecule has 8 nitrogen and oxygen atoms in total. The summed E-state index contributed by atoms with van der Waals surface area (Å²) in [5, 5.41) is 7.82. The van der Waals surface area contributed by atoms with Gasteiger partial charge in [0.15, 0.2) is 12.3 Å². The lowest BCUT2D eigenvalue weighted by Crippen LogP contribution is -2.41. The second kappa shape index (κ2) is 9.95. The number of likely N-dealkylation sites (tertiary alicyclic amines) is 1. The van der Waals surface area contributed by atoms with Crippen molar-refractivity contribution in [3.05, 3.63) is 78.4 Å². The van der Waals surface area contributed by atoms with Gasteiger partial charge in [-0.1, -0.05) is 24.3 Å². The lowest BCUT2D eigenvalue weighted by Gasteiger charge is -2.32. The first-order chi connectivity index (χ1) is 16.7. The minimum atomic E-state index is -0.0200. The van der Waals surface area contributed by atoms with E-state index >= 15 is 0 Å². The van der Waals surface area contributed by atoms with Crippen LogP contribution in [-0.4, -0.2) is 57.9 Å². The van der Waals surface area contributed by atoms with Gasteiger partial charge < -0.3 is 15.0 Å². The summed E-state index contributed by atoms with van der Waals surface area (Å²) in [6.07, 6.45) is 7.04. The van der Waals surface area contributed by atoms with E-state index in [-0.39, 0.29) is 18.4 Å². The van der Waals surface area contributed by atoms with Crippen LogP contribution in [-0.2, 0) is 11.3 Å². The maximum Gasteiger partial charge on any atom is 0.260 e. The Morgan fingerprint density at radius 3 is 2.88 bits per heavy atom. The van der Waals surface area contributed by atoms with E-state index in [2.05, 4.69) is 15.4 Å². The number of carbonyl (C=O) groups is 1. The maximum absolute atomic E-state index is 12.8. The van der Waals surface area contributed by atoms with E-state index in [0.717, 1.165) is 36.5 Å². The number of amides is 1. The average molecular weight is 452 g/mol. The summed E-state index contributed by atoms with van der Waals surface area (Å²) in [6.45, 7) is 1.93. The predicted molar refractivity (Wildman–Crippen MR) is 130 cm³/mol. The van der Waals surface area contributed by atoms with Gasteiger partial charge >= 0.3 is 0 Å². The topological polar surface area (TPSA) is 84.7 Å². The predicted octanol–water partition coefficient (Wildman–Crippen LogP) is 2.32. The number of aromatic nitrogens is 4. The van der Waals surface area contributed by atoms with Gasteiger partial charge in [0.05, 0.1) is 5.69 Å². The molecule has 1 aliphatic rings. The van der Waals surface area contributed by atoms with E-state index in [1.807, 2.05) is 59.6 Å². The van der Waals surface area contributed by atoms with E-state index in [0.29, 0.717) is 29.9 Å². The Bertz CT molecular complexity index is 1260. The molecule has 4 heterocycles. The summed E-state index contributed by atoms with van der Waals surface area (Å²) in [5.41, 5.74) is 3.09. The molecule has 1 saturated heterocycles. The Morgan fingerprint density at radius 2 is 2.06 bits per heavy atom. The molecular formula is C25H25BN6O2. The van der Waals surface area contributed by atoms with Crippen molar-refractivity contribution >= 4 is 30.7 Å². The van der Waals surface area contributed by atoms with Gasteiger partial charge in [-0.2, -0.15) is 9.61 Å². The van der Waals surface area contributed by atoms with Gasteiger partial charge in [-0.05, 0) is 42.1 Å². The van der Waals surface area contributed by atoms with E-state index in [4.69, 9.17) is 17.6 Å². The first-order valence-electron chi connectivity index (χ1n) is 11.4. The van der Waals surface area contributed by atoms with Gasteiger partial charge in [0.25, 0.3) is 5.91 Å². The number of anilines is 1. The fraction of sp³-hybridized carbons (Fsp3) is 0.280. The second-order valence-corrected chi connectivity index (χ2v) is 8.40. The molecule has 9 heteroatoms. The fourth-order valence-corrected chi connectivity index (χ4v) is 4.23. The van der Waals surface area contributed by atoms with Crippen LogP contribution >= 0.6 is 0 Å². The Morgan fingerprint density at radius 1 is 1.18 bits per heavy atom. The number of nitrogens with one attached hydrogen (secondary N) is 1. The van der Waals surface area contributed by atoms with Crippen LogP contribution < -0.4 is 15.5 Å². The molecule has 1 unspecified atom stereocenters. The minimum Gasteiger partial charge on any atom is -0.484 e. The highest BCUT2D eigenvalue weighted by atomic mass is 16.5. The Labute approximate surface area is 199 Å². The SMILES string of the molecule is [B]c1cnn2c(NCc3cccnc3)cc(C3CCCN(C(=O)COc4ccccc4)C3)nc12. The molecule has 4 aromatic rings. The number of rotatable bonds is 7. The molecule has 34 heavy (non-hydrogen) atoms. The number of hydrogen-bond donors (Lipinski definition) is 1. The first-order valence-corrected chi connectivity index (χ1v) is 11.4. The van der Waals surface area contributed by atoms with E-state index in [9.17, 15) is 4.79 Å². The van der Waals surface area contributed by atoms with Crippen molar-refractivity contribution in [1.82, 2.24) is 24.5 Å². The molecule has 1 fully saturated rings. The summed E-state index contributed by atoms with van der Waals surface area (Å²) < 4.78 is 7.38. The molecule has 2 radical (unpaired) electrons. The number of fused-ring (bicyclic) bond motifs is 1. The molecule has 1 atom stereocenters. The van der Waals surface area contributed by atoms with E-state index in [1.165, 1.54) is 0 Å². The van der Waals surface area contributed by atoms with Crippen LogP contribution in [0.1, 0.15) is 30.0 Å².